The molecule has 0 radical (unpaired) electrons. The standard InChI is InChI=1S/C19H18FN3O2S/c1-23-11-10-21-19(23)26-17-8-7-14(20)13-16(17)22-18(24)9-12-25-15-5-3-2-4-6-15/h2-8,10-11,13H,9,12H2,1H3,(H,22,24). The van der Waals surface area contributed by atoms with Crippen molar-refractivity contribution in [2.24, 2.45) is 7.05 Å². The minimum absolute atomic E-state index is 0.165. The highest BCUT2D eigenvalue weighted by molar-refractivity contribution is 7.99. The number of rotatable bonds is 7. The maximum Gasteiger partial charge on any atom is 0.227 e. The quantitative estimate of drug-likeness (QED) is 0.679. The molecule has 0 unspecified atom stereocenters. The average molecular weight is 371 g/mol. The number of amides is 1. The number of nitrogens with one attached hydrogen (secondary N) is 1. The zero-order chi connectivity index (χ0) is 18.4. The van der Waals surface area contributed by atoms with E-state index in [1.165, 1.54) is 23.9 Å². The number of aromatic nitrogens is 2. The Morgan fingerprint density at radius 1 is 1.27 bits per heavy atom. The van der Waals surface area contributed by atoms with Crippen molar-refractivity contribution in [3.8, 4) is 5.75 Å². The Morgan fingerprint density at radius 2 is 2.08 bits per heavy atom. The van der Waals surface area contributed by atoms with Gasteiger partial charge in [0.1, 0.15) is 11.6 Å². The summed E-state index contributed by atoms with van der Waals surface area (Å²) in [4.78, 5) is 17.1. The third kappa shape index (κ3) is 4.86. The number of benzene rings is 2. The summed E-state index contributed by atoms with van der Waals surface area (Å²) in [6.45, 7) is 0.243. The Balaban J connectivity index is 1.62. The predicted molar refractivity (Wildman–Crippen MR) is 98.9 cm³/mol. The predicted octanol–water partition coefficient (Wildman–Crippen LogP) is 4.12. The number of carbonyl (C=O) groups is 1. The molecule has 0 saturated heterocycles. The van der Waals surface area contributed by atoms with E-state index in [9.17, 15) is 9.18 Å². The van der Waals surface area contributed by atoms with E-state index in [-0.39, 0.29) is 18.9 Å². The topological polar surface area (TPSA) is 56.2 Å². The van der Waals surface area contributed by atoms with Crippen LogP contribution in [-0.2, 0) is 11.8 Å². The lowest BCUT2D eigenvalue weighted by Gasteiger charge is -2.11. The maximum absolute atomic E-state index is 13.6. The Kier molecular flexibility index (Phi) is 5.91. The van der Waals surface area contributed by atoms with Crippen LogP contribution in [0.2, 0.25) is 0 Å². The molecule has 1 N–H and O–H groups in total. The molecule has 0 atom stereocenters. The third-order valence-corrected chi connectivity index (χ3v) is 4.69. The fourth-order valence-electron chi connectivity index (χ4n) is 2.23. The number of ether oxygens (including phenoxy) is 1. The van der Waals surface area contributed by atoms with E-state index in [1.807, 2.05) is 48.1 Å². The number of aryl methyl sites for hydroxylation is 1. The first kappa shape index (κ1) is 18.0. The molecule has 3 rings (SSSR count). The van der Waals surface area contributed by atoms with Gasteiger partial charge < -0.3 is 14.6 Å². The Labute approximate surface area is 155 Å². The van der Waals surface area contributed by atoms with Crippen LogP contribution < -0.4 is 10.1 Å². The number of nitrogens with zero attached hydrogens (tertiary/aromatic N) is 2. The lowest BCUT2D eigenvalue weighted by Crippen LogP contribution is -2.16. The molecule has 2 aromatic carbocycles. The zero-order valence-electron chi connectivity index (χ0n) is 14.2. The van der Waals surface area contributed by atoms with E-state index < -0.39 is 5.82 Å². The minimum Gasteiger partial charge on any atom is -0.493 e. The molecule has 0 aliphatic heterocycles. The Morgan fingerprint density at radius 3 is 2.81 bits per heavy atom. The smallest absolute Gasteiger partial charge is 0.227 e. The van der Waals surface area contributed by atoms with E-state index in [1.54, 1.807) is 12.3 Å². The van der Waals surface area contributed by atoms with Gasteiger partial charge in [-0.2, -0.15) is 0 Å². The highest BCUT2D eigenvalue weighted by Crippen LogP contribution is 2.32. The highest BCUT2D eigenvalue weighted by atomic mass is 32.2. The lowest BCUT2D eigenvalue weighted by atomic mass is 10.3. The van der Waals surface area contributed by atoms with Gasteiger partial charge in [0, 0.05) is 24.3 Å². The SMILES string of the molecule is Cn1ccnc1Sc1ccc(F)cc1NC(=O)CCOc1ccccc1. The van der Waals surface area contributed by atoms with Crippen molar-refractivity contribution in [3.63, 3.8) is 0 Å². The first-order valence-electron chi connectivity index (χ1n) is 8.04. The van der Waals surface area contributed by atoms with Gasteiger partial charge in [0.05, 0.1) is 18.7 Å². The zero-order valence-corrected chi connectivity index (χ0v) is 15.0. The van der Waals surface area contributed by atoms with E-state index in [0.717, 1.165) is 10.1 Å². The van der Waals surface area contributed by atoms with E-state index in [0.29, 0.717) is 11.4 Å². The molecule has 3 aromatic rings. The molecule has 5 nitrogen and oxygen atoms in total. The summed E-state index contributed by atoms with van der Waals surface area (Å²) >= 11 is 1.36. The maximum atomic E-state index is 13.6. The van der Waals surface area contributed by atoms with Crippen LogP contribution in [0, 0.1) is 5.82 Å². The van der Waals surface area contributed by atoms with Crippen LogP contribution in [0.1, 0.15) is 6.42 Å². The Bertz CT molecular complexity index is 884. The van der Waals surface area contributed by atoms with Crippen molar-refractivity contribution < 1.29 is 13.9 Å². The monoisotopic (exact) mass is 371 g/mol. The number of anilines is 1. The van der Waals surface area contributed by atoms with Crippen molar-refractivity contribution in [2.75, 3.05) is 11.9 Å². The number of para-hydroxylation sites is 1. The number of imidazole rings is 1. The van der Waals surface area contributed by atoms with Gasteiger partial charge >= 0.3 is 0 Å². The largest absolute Gasteiger partial charge is 0.493 e. The van der Waals surface area contributed by atoms with Gasteiger partial charge in [-0.3, -0.25) is 4.79 Å². The third-order valence-electron chi connectivity index (χ3n) is 3.53. The van der Waals surface area contributed by atoms with Crippen LogP contribution in [0.4, 0.5) is 10.1 Å². The number of carbonyl (C=O) groups excluding carboxylic acids is 1. The average Bonchev–Trinajstić information content (AvgIpc) is 3.03. The van der Waals surface area contributed by atoms with Crippen molar-refractivity contribution in [1.82, 2.24) is 9.55 Å². The summed E-state index contributed by atoms with van der Waals surface area (Å²) in [6.07, 6.45) is 3.67. The van der Waals surface area contributed by atoms with E-state index >= 15 is 0 Å². The van der Waals surface area contributed by atoms with Crippen molar-refractivity contribution >= 4 is 23.4 Å². The van der Waals surface area contributed by atoms with Gasteiger partial charge in [-0.15, -0.1) is 0 Å². The molecule has 7 heteroatoms. The summed E-state index contributed by atoms with van der Waals surface area (Å²) in [7, 11) is 1.87. The Hall–Kier alpha value is -2.80. The summed E-state index contributed by atoms with van der Waals surface area (Å²) in [6, 6.07) is 13.6. The van der Waals surface area contributed by atoms with Gasteiger partial charge in [0.15, 0.2) is 5.16 Å². The summed E-state index contributed by atoms with van der Waals surface area (Å²) in [5, 5.41) is 3.50. The molecule has 26 heavy (non-hydrogen) atoms. The molecule has 1 aromatic heterocycles. The molecule has 0 saturated carbocycles. The molecule has 0 bridgehead atoms. The number of halogens is 1. The van der Waals surface area contributed by atoms with Gasteiger partial charge in [-0.1, -0.05) is 18.2 Å². The highest BCUT2D eigenvalue weighted by Gasteiger charge is 2.12. The second-order valence-corrected chi connectivity index (χ2v) is 6.53. The van der Waals surface area contributed by atoms with Crippen LogP contribution in [-0.4, -0.2) is 22.1 Å². The fraction of sp³-hybridized carbons (Fsp3) is 0.158. The van der Waals surface area contributed by atoms with Crippen LogP contribution >= 0.6 is 11.8 Å². The van der Waals surface area contributed by atoms with Gasteiger partial charge in [-0.25, -0.2) is 9.37 Å². The van der Waals surface area contributed by atoms with E-state index in [2.05, 4.69) is 10.3 Å². The molecule has 0 fully saturated rings. The second-order valence-electron chi connectivity index (χ2n) is 5.52. The summed E-state index contributed by atoms with van der Waals surface area (Å²) in [5.41, 5.74) is 0.419. The molecule has 0 aliphatic rings. The van der Waals surface area contributed by atoms with Crippen molar-refractivity contribution in [3.05, 3.63) is 66.7 Å². The van der Waals surface area contributed by atoms with Crippen LogP contribution in [0.5, 0.6) is 5.75 Å². The molecule has 1 heterocycles. The molecule has 1 amide bonds. The molecular formula is C19H18FN3O2S. The van der Waals surface area contributed by atoms with Crippen molar-refractivity contribution in [1.29, 1.82) is 0 Å². The van der Waals surface area contributed by atoms with E-state index in [4.69, 9.17) is 4.74 Å². The molecule has 0 spiro atoms. The molecule has 0 aliphatic carbocycles. The van der Waals surface area contributed by atoms with Crippen LogP contribution in [0.25, 0.3) is 0 Å². The second kappa shape index (κ2) is 8.53. The first-order valence-corrected chi connectivity index (χ1v) is 8.86. The number of hydrogen-bond acceptors (Lipinski definition) is 4. The van der Waals surface area contributed by atoms with Crippen LogP contribution in [0.15, 0.2) is 71.0 Å². The van der Waals surface area contributed by atoms with Gasteiger partial charge in [-0.05, 0) is 42.1 Å². The number of hydrogen-bond donors (Lipinski definition) is 1. The normalized spacial score (nSPS) is 10.5. The van der Waals surface area contributed by atoms with Gasteiger partial charge in [0.25, 0.3) is 0 Å². The minimum atomic E-state index is -0.412. The lowest BCUT2D eigenvalue weighted by molar-refractivity contribution is -0.116. The molecular weight excluding hydrogens is 353 g/mol. The van der Waals surface area contributed by atoms with Gasteiger partial charge in [0.2, 0.25) is 5.91 Å². The first-order chi connectivity index (χ1) is 12.6. The fourth-order valence-corrected chi connectivity index (χ4v) is 3.10. The van der Waals surface area contributed by atoms with Crippen molar-refractivity contribution in [2.45, 2.75) is 16.5 Å². The molecule has 134 valence electrons. The summed E-state index contributed by atoms with van der Waals surface area (Å²) in [5.74, 6) is 0.0512. The van der Waals surface area contributed by atoms with Crippen LogP contribution in [0.3, 0.4) is 0 Å². The summed E-state index contributed by atoms with van der Waals surface area (Å²) < 4.78 is 21.0.